The summed E-state index contributed by atoms with van der Waals surface area (Å²) in [6, 6.07) is 1.60. The topological polar surface area (TPSA) is 80.6 Å². The summed E-state index contributed by atoms with van der Waals surface area (Å²) in [7, 11) is 0. The fourth-order valence-corrected chi connectivity index (χ4v) is 3.33. The number of nitrogens with one attached hydrogen (secondary N) is 1. The van der Waals surface area contributed by atoms with E-state index in [4.69, 9.17) is 0 Å². The summed E-state index contributed by atoms with van der Waals surface area (Å²) in [5.41, 5.74) is 0.713. The van der Waals surface area contributed by atoms with Crippen molar-refractivity contribution in [3.05, 3.63) is 76.2 Å². The largest absolute Gasteiger partial charge is 0.338 e. The lowest BCUT2D eigenvalue weighted by atomic mass is 9.84. The number of fused-ring (bicyclic) bond motifs is 2. The minimum atomic E-state index is -0.384. The number of pyridine rings is 2. The van der Waals surface area contributed by atoms with Crippen molar-refractivity contribution in [2.75, 3.05) is 0 Å². The van der Waals surface area contributed by atoms with Crippen molar-refractivity contribution >= 4 is 27.6 Å². The number of hydrogen-bond donors (Lipinski definition) is 1. The number of aromatic nitrogens is 4. The minimum Gasteiger partial charge on any atom is -0.338 e. The first-order chi connectivity index (χ1) is 12.7. The Bertz CT molecular complexity index is 1200. The second-order valence-corrected chi connectivity index (χ2v) is 6.37. The van der Waals surface area contributed by atoms with Crippen molar-refractivity contribution < 1.29 is 0 Å². The molecule has 1 aliphatic carbocycles. The summed E-state index contributed by atoms with van der Waals surface area (Å²) < 4.78 is 1.50. The van der Waals surface area contributed by atoms with E-state index >= 15 is 0 Å². The van der Waals surface area contributed by atoms with Gasteiger partial charge in [-0.3, -0.25) is 19.1 Å². The fraction of sp³-hybridized carbons (Fsp3) is 0.200. The van der Waals surface area contributed by atoms with Gasteiger partial charge in [0.15, 0.2) is 0 Å². The Labute approximate surface area is 149 Å². The first kappa shape index (κ1) is 16.2. The van der Waals surface area contributed by atoms with Crippen LogP contribution in [-0.4, -0.2) is 19.5 Å². The summed E-state index contributed by atoms with van der Waals surface area (Å²) in [4.78, 5) is 38.0. The third-order valence-corrected chi connectivity index (χ3v) is 4.88. The van der Waals surface area contributed by atoms with E-state index in [9.17, 15) is 9.59 Å². The highest BCUT2D eigenvalue weighted by Gasteiger charge is 2.27. The van der Waals surface area contributed by atoms with Gasteiger partial charge in [0.2, 0.25) is 5.43 Å². The lowest BCUT2D eigenvalue weighted by molar-refractivity contribution is 0.395. The molecule has 0 bridgehead atoms. The second kappa shape index (κ2) is 6.22. The van der Waals surface area contributed by atoms with Gasteiger partial charge in [0, 0.05) is 23.2 Å². The molecule has 0 aliphatic heterocycles. The molecule has 0 spiro atoms. The van der Waals surface area contributed by atoms with Crippen LogP contribution in [-0.2, 0) is 0 Å². The zero-order valence-corrected chi connectivity index (χ0v) is 14.2. The van der Waals surface area contributed by atoms with Crippen LogP contribution in [0.15, 0.2) is 59.4 Å². The molecule has 3 aromatic rings. The molecule has 0 atom stereocenters. The van der Waals surface area contributed by atoms with Crippen LogP contribution in [0.1, 0.15) is 31.0 Å². The molecule has 3 aromatic heterocycles. The van der Waals surface area contributed by atoms with E-state index in [-0.39, 0.29) is 22.3 Å². The molecule has 26 heavy (non-hydrogen) atoms. The maximum atomic E-state index is 13.3. The predicted octanol–water partition coefficient (Wildman–Crippen LogP) is 3.11. The van der Waals surface area contributed by atoms with Gasteiger partial charge in [-0.05, 0) is 31.1 Å². The molecule has 1 aliphatic rings. The Balaban J connectivity index is 2.18. The molecular weight excluding hydrogens is 328 g/mol. The van der Waals surface area contributed by atoms with Gasteiger partial charge in [-0.25, -0.2) is 4.98 Å². The number of nitrogens with zero attached hydrogens (tertiary/aromatic N) is 3. The van der Waals surface area contributed by atoms with Gasteiger partial charge in [-0.1, -0.05) is 25.7 Å². The maximum Gasteiger partial charge on any atom is 0.271 e. The zero-order chi connectivity index (χ0) is 18.3. The molecule has 4 rings (SSSR count). The molecule has 0 aromatic carbocycles. The quantitative estimate of drug-likeness (QED) is 0.581. The standard InChI is InChI=1S/C20H18N4O2/c1-3-6-13(4-2)24-19(12-7-5-8-12)23-18-16(20(24)26)17(25)14-9-10-21-11-15(14)22-18/h3-4,6,9-12H,1-2,5,7-8H2,(H,22,25)/b13-6+. The van der Waals surface area contributed by atoms with E-state index in [2.05, 4.69) is 28.1 Å². The van der Waals surface area contributed by atoms with Crippen molar-refractivity contribution in [2.45, 2.75) is 25.2 Å². The second-order valence-electron chi connectivity index (χ2n) is 6.37. The summed E-state index contributed by atoms with van der Waals surface area (Å²) >= 11 is 0. The van der Waals surface area contributed by atoms with E-state index in [0.29, 0.717) is 28.1 Å². The number of hydrogen-bond acceptors (Lipinski definition) is 4. The summed E-state index contributed by atoms with van der Waals surface area (Å²) in [5, 5.41) is 0.464. The molecule has 0 radical (unpaired) electrons. The number of allylic oxidation sites excluding steroid dienone is 4. The van der Waals surface area contributed by atoms with E-state index in [0.717, 1.165) is 19.3 Å². The summed E-state index contributed by atoms with van der Waals surface area (Å²) in [6.45, 7) is 7.49. The van der Waals surface area contributed by atoms with E-state index in [1.807, 2.05) is 0 Å². The van der Waals surface area contributed by atoms with Crippen molar-refractivity contribution in [3.8, 4) is 0 Å². The highest BCUT2D eigenvalue weighted by atomic mass is 16.1. The van der Waals surface area contributed by atoms with Crippen molar-refractivity contribution in [1.82, 2.24) is 19.5 Å². The maximum absolute atomic E-state index is 13.3. The average molecular weight is 346 g/mol. The third-order valence-electron chi connectivity index (χ3n) is 4.88. The Morgan fingerprint density at radius 3 is 2.77 bits per heavy atom. The van der Waals surface area contributed by atoms with Gasteiger partial charge in [0.1, 0.15) is 16.9 Å². The number of H-pyrrole nitrogens is 1. The SMILES string of the molecule is C=C/C=C(\C=C)n1c(C2CCC2)nc2[nH]c3cnccc3c(=O)c2c1=O. The van der Waals surface area contributed by atoms with Crippen LogP contribution in [0.2, 0.25) is 0 Å². The Morgan fingerprint density at radius 2 is 2.12 bits per heavy atom. The average Bonchev–Trinajstić information content (AvgIpc) is 2.59. The van der Waals surface area contributed by atoms with Crippen LogP contribution >= 0.6 is 0 Å². The Hall–Kier alpha value is -3.28. The molecule has 1 fully saturated rings. The molecule has 6 nitrogen and oxygen atoms in total. The van der Waals surface area contributed by atoms with Crippen LogP contribution < -0.4 is 11.0 Å². The summed E-state index contributed by atoms with van der Waals surface area (Å²) in [6.07, 6.45) is 11.0. The van der Waals surface area contributed by atoms with E-state index in [1.54, 1.807) is 30.5 Å². The number of rotatable bonds is 4. The smallest absolute Gasteiger partial charge is 0.271 e. The van der Waals surface area contributed by atoms with Gasteiger partial charge >= 0.3 is 0 Å². The molecule has 1 N–H and O–H groups in total. The Kier molecular flexibility index (Phi) is 3.88. The molecule has 0 saturated heterocycles. The first-order valence-corrected chi connectivity index (χ1v) is 8.54. The monoisotopic (exact) mass is 346 g/mol. The van der Waals surface area contributed by atoms with Gasteiger partial charge in [-0.2, -0.15) is 0 Å². The molecule has 0 amide bonds. The van der Waals surface area contributed by atoms with Gasteiger partial charge in [0.25, 0.3) is 5.56 Å². The predicted molar refractivity (Wildman–Crippen MR) is 103 cm³/mol. The van der Waals surface area contributed by atoms with Crippen molar-refractivity contribution in [1.29, 1.82) is 0 Å². The van der Waals surface area contributed by atoms with Crippen LogP contribution in [0.25, 0.3) is 27.6 Å². The van der Waals surface area contributed by atoms with Gasteiger partial charge in [0.05, 0.1) is 11.7 Å². The third kappa shape index (κ3) is 2.34. The van der Waals surface area contributed by atoms with E-state index in [1.165, 1.54) is 10.8 Å². The molecule has 1 saturated carbocycles. The number of aromatic amines is 1. The normalized spacial score (nSPS) is 15.2. The molecular formula is C20H18N4O2. The highest BCUT2D eigenvalue weighted by molar-refractivity contribution is 5.90. The van der Waals surface area contributed by atoms with Crippen molar-refractivity contribution in [3.63, 3.8) is 0 Å². The molecule has 6 heteroatoms. The zero-order valence-electron chi connectivity index (χ0n) is 14.2. The highest BCUT2D eigenvalue weighted by Crippen LogP contribution is 2.36. The molecule has 3 heterocycles. The lowest BCUT2D eigenvalue weighted by Crippen LogP contribution is -2.31. The Morgan fingerprint density at radius 1 is 1.31 bits per heavy atom. The molecule has 0 unspecified atom stereocenters. The van der Waals surface area contributed by atoms with Crippen molar-refractivity contribution in [2.24, 2.45) is 0 Å². The lowest BCUT2D eigenvalue weighted by Gasteiger charge is -2.27. The van der Waals surface area contributed by atoms with Gasteiger partial charge in [-0.15, -0.1) is 0 Å². The minimum absolute atomic E-state index is 0.0450. The van der Waals surface area contributed by atoms with E-state index < -0.39 is 0 Å². The van der Waals surface area contributed by atoms with Crippen LogP contribution in [0, 0.1) is 0 Å². The fourth-order valence-electron chi connectivity index (χ4n) is 3.33. The summed E-state index contributed by atoms with van der Waals surface area (Å²) in [5.74, 6) is 0.842. The van der Waals surface area contributed by atoms with Gasteiger partial charge < -0.3 is 4.98 Å². The van der Waals surface area contributed by atoms with Crippen LogP contribution in [0.3, 0.4) is 0 Å². The van der Waals surface area contributed by atoms with Crippen LogP contribution in [0.5, 0.6) is 0 Å². The molecule has 130 valence electrons. The van der Waals surface area contributed by atoms with Crippen LogP contribution in [0.4, 0.5) is 0 Å². The first-order valence-electron chi connectivity index (χ1n) is 8.54.